The molecule has 0 saturated heterocycles. The number of para-hydroxylation sites is 1. The van der Waals surface area contributed by atoms with E-state index in [1.165, 1.54) is 17.3 Å². The van der Waals surface area contributed by atoms with Crippen LogP contribution in [0.25, 0.3) is 10.9 Å². The summed E-state index contributed by atoms with van der Waals surface area (Å²) in [6.07, 6.45) is 5.92. The minimum Gasteiger partial charge on any atom is -0.352 e. The molecule has 1 heterocycles. The summed E-state index contributed by atoms with van der Waals surface area (Å²) in [6.45, 7) is 4.18. The van der Waals surface area contributed by atoms with Crippen LogP contribution in [0.1, 0.15) is 38.2 Å². The summed E-state index contributed by atoms with van der Waals surface area (Å²) in [6, 6.07) is 5.76. The lowest BCUT2D eigenvalue weighted by Gasteiger charge is -2.27. The summed E-state index contributed by atoms with van der Waals surface area (Å²) >= 11 is 0. The van der Waals surface area contributed by atoms with E-state index in [9.17, 15) is 9.59 Å². The van der Waals surface area contributed by atoms with Crippen molar-refractivity contribution in [2.24, 2.45) is 5.92 Å². The van der Waals surface area contributed by atoms with Gasteiger partial charge in [0.2, 0.25) is 5.91 Å². The number of hydrogen-bond acceptors (Lipinski definition) is 3. The van der Waals surface area contributed by atoms with Crippen LogP contribution in [-0.4, -0.2) is 21.5 Å². The van der Waals surface area contributed by atoms with Crippen molar-refractivity contribution in [2.75, 3.05) is 0 Å². The van der Waals surface area contributed by atoms with Crippen LogP contribution < -0.4 is 10.9 Å². The highest BCUT2D eigenvalue weighted by Crippen LogP contribution is 2.23. The normalized spacial score (nSPS) is 21.3. The number of benzene rings is 1. The van der Waals surface area contributed by atoms with Crippen molar-refractivity contribution < 1.29 is 4.79 Å². The maximum atomic E-state index is 12.5. The topological polar surface area (TPSA) is 64.0 Å². The lowest BCUT2D eigenvalue weighted by molar-refractivity contribution is -0.122. The molecule has 1 saturated carbocycles. The average molecular weight is 313 g/mol. The monoisotopic (exact) mass is 313 g/mol. The summed E-state index contributed by atoms with van der Waals surface area (Å²) in [5.41, 5.74) is 1.51. The second-order valence-corrected chi connectivity index (χ2v) is 6.68. The van der Waals surface area contributed by atoms with Crippen LogP contribution in [0.4, 0.5) is 0 Å². The molecular formula is C18H23N3O2. The maximum Gasteiger partial charge on any atom is 0.261 e. The second kappa shape index (κ2) is 6.52. The Bertz CT molecular complexity index is 781. The predicted molar refractivity (Wildman–Crippen MR) is 90.3 cm³/mol. The number of aromatic nitrogens is 2. The van der Waals surface area contributed by atoms with E-state index in [4.69, 9.17) is 0 Å². The number of nitrogens with zero attached hydrogens (tertiary/aromatic N) is 2. The molecule has 0 bridgehead atoms. The lowest BCUT2D eigenvalue weighted by atomic mass is 9.87. The minimum absolute atomic E-state index is 0.0284. The highest BCUT2D eigenvalue weighted by Gasteiger charge is 2.20. The summed E-state index contributed by atoms with van der Waals surface area (Å²) in [5.74, 6) is 0.544. The molecule has 0 radical (unpaired) electrons. The van der Waals surface area contributed by atoms with Gasteiger partial charge in [0.15, 0.2) is 0 Å². The van der Waals surface area contributed by atoms with E-state index in [0.29, 0.717) is 16.8 Å². The van der Waals surface area contributed by atoms with Gasteiger partial charge in [0.25, 0.3) is 5.56 Å². The third-order valence-electron chi connectivity index (χ3n) is 4.67. The van der Waals surface area contributed by atoms with E-state index < -0.39 is 0 Å². The molecule has 5 heteroatoms. The molecule has 1 N–H and O–H groups in total. The van der Waals surface area contributed by atoms with Crippen LogP contribution in [0, 0.1) is 12.8 Å². The van der Waals surface area contributed by atoms with Gasteiger partial charge in [-0.05, 0) is 37.3 Å². The van der Waals surface area contributed by atoms with Gasteiger partial charge in [-0.15, -0.1) is 0 Å². The fraction of sp³-hybridized carbons (Fsp3) is 0.500. The van der Waals surface area contributed by atoms with Crippen molar-refractivity contribution in [1.29, 1.82) is 0 Å². The van der Waals surface area contributed by atoms with Gasteiger partial charge >= 0.3 is 0 Å². The summed E-state index contributed by atoms with van der Waals surface area (Å²) < 4.78 is 1.39. The highest BCUT2D eigenvalue weighted by atomic mass is 16.2. The molecule has 1 aromatic carbocycles. The van der Waals surface area contributed by atoms with Gasteiger partial charge < -0.3 is 5.32 Å². The molecule has 3 rings (SSSR count). The zero-order chi connectivity index (χ0) is 16.4. The van der Waals surface area contributed by atoms with E-state index in [1.807, 2.05) is 19.1 Å². The highest BCUT2D eigenvalue weighted by molar-refractivity contribution is 5.81. The zero-order valence-corrected chi connectivity index (χ0v) is 13.7. The number of carbonyl (C=O) groups is 1. The molecule has 2 atom stereocenters. The minimum atomic E-state index is -0.161. The number of rotatable bonds is 3. The first-order valence-electron chi connectivity index (χ1n) is 8.28. The summed E-state index contributed by atoms with van der Waals surface area (Å²) in [5, 5.41) is 3.62. The first-order valence-corrected chi connectivity index (χ1v) is 8.28. The Labute approximate surface area is 135 Å². The van der Waals surface area contributed by atoms with Crippen molar-refractivity contribution in [3.8, 4) is 0 Å². The van der Waals surface area contributed by atoms with Gasteiger partial charge in [-0.1, -0.05) is 31.9 Å². The molecule has 122 valence electrons. The number of nitrogens with one attached hydrogen (secondary N) is 1. The van der Waals surface area contributed by atoms with Crippen molar-refractivity contribution in [3.63, 3.8) is 0 Å². The Balaban J connectivity index is 1.75. The smallest absolute Gasteiger partial charge is 0.261 e. The lowest BCUT2D eigenvalue weighted by Crippen LogP contribution is -2.41. The van der Waals surface area contributed by atoms with E-state index in [0.717, 1.165) is 24.8 Å². The SMILES string of the molecule is Cc1cccc2c(=O)n(CC(=O)NC3CCCC(C)C3)cnc12. The molecule has 1 amide bonds. The molecule has 2 unspecified atom stereocenters. The quantitative estimate of drug-likeness (QED) is 0.946. The fourth-order valence-corrected chi connectivity index (χ4v) is 3.44. The largest absolute Gasteiger partial charge is 0.352 e. The van der Waals surface area contributed by atoms with E-state index in [2.05, 4.69) is 17.2 Å². The molecule has 5 nitrogen and oxygen atoms in total. The number of amides is 1. The number of aryl methyl sites for hydroxylation is 1. The Hall–Kier alpha value is -2.17. The van der Waals surface area contributed by atoms with Crippen molar-refractivity contribution >= 4 is 16.8 Å². The van der Waals surface area contributed by atoms with Crippen LogP contribution in [0.3, 0.4) is 0 Å². The summed E-state index contributed by atoms with van der Waals surface area (Å²) in [7, 11) is 0. The van der Waals surface area contributed by atoms with Gasteiger partial charge in [0.1, 0.15) is 6.54 Å². The zero-order valence-electron chi connectivity index (χ0n) is 13.7. The Morgan fingerprint density at radius 3 is 3.00 bits per heavy atom. The van der Waals surface area contributed by atoms with Crippen molar-refractivity contribution in [1.82, 2.24) is 14.9 Å². The Kier molecular flexibility index (Phi) is 4.46. The van der Waals surface area contributed by atoms with E-state index >= 15 is 0 Å². The summed E-state index contributed by atoms with van der Waals surface area (Å²) in [4.78, 5) is 29.1. The van der Waals surface area contributed by atoms with Crippen molar-refractivity contribution in [2.45, 2.75) is 52.1 Å². The third kappa shape index (κ3) is 3.44. The Morgan fingerprint density at radius 2 is 2.22 bits per heavy atom. The molecule has 23 heavy (non-hydrogen) atoms. The average Bonchev–Trinajstić information content (AvgIpc) is 2.51. The van der Waals surface area contributed by atoms with Gasteiger partial charge in [0, 0.05) is 6.04 Å². The van der Waals surface area contributed by atoms with Gasteiger partial charge in [-0.25, -0.2) is 4.98 Å². The predicted octanol–water partition coefficient (Wildman–Crippen LogP) is 2.40. The molecular weight excluding hydrogens is 290 g/mol. The van der Waals surface area contributed by atoms with Gasteiger partial charge in [-0.3, -0.25) is 14.2 Å². The van der Waals surface area contributed by atoms with Gasteiger partial charge in [-0.2, -0.15) is 0 Å². The molecule has 1 aliphatic rings. The molecule has 1 aliphatic carbocycles. The van der Waals surface area contributed by atoms with Crippen LogP contribution >= 0.6 is 0 Å². The van der Waals surface area contributed by atoms with Gasteiger partial charge in [0.05, 0.1) is 17.2 Å². The number of carbonyl (C=O) groups excluding carboxylic acids is 1. The first-order chi connectivity index (χ1) is 11.0. The van der Waals surface area contributed by atoms with Crippen molar-refractivity contribution in [3.05, 3.63) is 40.4 Å². The van der Waals surface area contributed by atoms with Crippen LogP contribution in [0.15, 0.2) is 29.3 Å². The van der Waals surface area contributed by atoms with E-state index in [1.54, 1.807) is 6.07 Å². The molecule has 0 aliphatic heterocycles. The number of fused-ring (bicyclic) bond motifs is 1. The fourth-order valence-electron chi connectivity index (χ4n) is 3.44. The second-order valence-electron chi connectivity index (χ2n) is 6.68. The molecule has 1 fully saturated rings. The molecule has 2 aromatic rings. The standard InChI is InChI=1S/C18H23N3O2/c1-12-5-3-7-14(9-12)20-16(22)10-21-11-19-17-13(2)6-4-8-15(17)18(21)23/h4,6,8,11-12,14H,3,5,7,9-10H2,1-2H3,(H,20,22). The van der Waals surface area contributed by atoms with E-state index in [-0.39, 0.29) is 24.1 Å². The maximum absolute atomic E-state index is 12.5. The van der Waals surface area contributed by atoms with Crippen LogP contribution in [0.2, 0.25) is 0 Å². The van der Waals surface area contributed by atoms with Crippen LogP contribution in [-0.2, 0) is 11.3 Å². The molecule has 1 aromatic heterocycles. The first kappa shape index (κ1) is 15.7. The Morgan fingerprint density at radius 1 is 1.39 bits per heavy atom. The van der Waals surface area contributed by atoms with Crippen LogP contribution in [0.5, 0.6) is 0 Å². The number of hydrogen-bond donors (Lipinski definition) is 1. The molecule has 0 spiro atoms. The third-order valence-corrected chi connectivity index (χ3v) is 4.67.